The van der Waals surface area contributed by atoms with Gasteiger partial charge in [-0.3, -0.25) is 4.79 Å². The van der Waals surface area contributed by atoms with Crippen molar-refractivity contribution in [1.29, 1.82) is 5.26 Å². The molecule has 0 aliphatic rings. The minimum Gasteiger partial charge on any atom is -0.465 e. The first-order chi connectivity index (χ1) is 11.5. The zero-order valence-electron chi connectivity index (χ0n) is 12.8. The molecule has 0 bridgehead atoms. The van der Waals surface area contributed by atoms with E-state index in [1.54, 1.807) is 37.3 Å². The van der Waals surface area contributed by atoms with E-state index in [9.17, 15) is 14.4 Å². The summed E-state index contributed by atoms with van der Waals surface area (Å²) >= 11 is 9.09. The standard InChI is InChI=1S/C18H14BrClFNO2/c1-2-24-18(23)14(10-22)17(11-3-6-13(19)7-4-11)12-5-8-15(20)16(21)9-12/h3-9,14,17H,2H2,1H3. The molecule has 2 atom stereocenters. The summed E-state index contributed by atoms with van der Waals surface area (Å²) in [7, 11) is 0. The van der Waals surface area contributed by atoms with E-state index in [0.717, 1.165) is 4.47 Å². The fraction of sp³-hybridized carbons (Fsp3) is 0.222. The number of nitriles is 1. The Morgan fingerprint density at radius 3 is 2.46 bits per heavy atom. The van der Waals surface area contributed by atoms with Crippen LogP contribution in [0, 0.1) is 23.1 Å². The van der Waals surface area contributed by atoms with Crippen LogP contribution in [0.4, 0.5) is 4.39 Å². The summed E-state index contributed by atoms with van der Waals surface area (Å²) in [6, 6.07) is 13.4. The van der Waals surface area contributed by atoms with Crippen LogP contribution < -0.4 is 0 Å². The summed E-state index contributed by atoms with van der Waals surface area (Å²) in [6.45, 7) is 1.84. The van der Waals surface area contributed by atoms with Crippen LogP contribution in [-0.4, -0.2) is 12.6 Å². The summed E-state index contributed by atoms with van der Waals surface area (Å²) in [5.41, 5.74) is 1.19. The summed E-state index contributed by atoms with van der Waals surface area (Å²) in [5.74, 6) is -2.99. The van der Waals surface area contributed by atoms with E-state index in [2.05, 4.69) is 15.9 Å². The van der Waals surface area contributed by atoms with Crippen LogP contribution >= 0.6 is 27.5 Å². The summed E-state index contributed by atoms with van der Waals surface area (Å²) in [5, 5.41) is 9.50. The molecule has 2 unspecified atom stereocenters. The molecular formula is C18H14BrClFNO2. The number of hydrogen-bond acceptors (Lipinski definition) is 3. The third-order valence-electron chi connectivity index (χ3n) is 3.54. The Kier molecular flexibility index (Phi) is 6.36. The molecule has 0 fully saturated rings. The lowest BCUT2D eigenvalue weighted by Crippen LogP contribution is -2.24. The molecule has 0 heterocycles. The van der Waals surface area contributed by atoms with Gasteiger partial charge in [-0.15, -0.1) is 0 Å². The van der Waals surface area contributed by atoms with Crippen molar-refractivity contribution in [3.63, 3.8) is 0 Å². The molecule has 0 N–H and O–H groups in total. The highest BCUT2D eigenvalue weighted by Gasteiger charge is 2.32. The van der Waals surface area contributed by atoms with Gasteiger partial charge < -0.3 is 4.74 Å². The van der Waals surface area contributed by atoms with E-state index >= 15 is 0 Å². The quantitative estimate of drug-likeness (QED) is 0.646. The fourth-order valence-electron chi connectivity index (χ4n) is 2.45. The van der Waals surface area contributed by atoms with Crippen LogP contribution in [-0.2, 0) is 9.53 Å². The summed E-state index contributed by atoms with van der Waals surface area (Å²) in [6.07, 6.45) is 0. The monoisotopic (exact) mass is 409 g/mol. The molecule has 0 aromatic heterocycles. The maximum absolute atomic E-state index is 13.9. The van der Waals surface area contributed by atoms with Gasteiger partial charge in [-0.2, -0.15) is 5.26 Å². The zero-order valence-corrected chi connectivity index (χ0v) is 15.1. The zero-order chi connectivity index (χ0) is 17.7. The van der Waals surface area contributed by atoms with Gasteiger partial charge in [0.1, 0.15) is 5.82 Å². The van der Waals surface area contributed by atoms with Crippen LogP contribution in [0.25, 0.3) is 0 Å². The number of hydrogen-bond donors (Lipinski definition) is 0. The number of nitrogens with zero attached hydrogens (tertiary/aromatic N) is 1. The molecule has 0 saturated carbocycles. The lowest BCUT2D eigenvalue weighted by Gasteiger charge is -2.22. The third-order valence-corrected chi connectivity index (χ3v) is 4.38. The smallest absolute Gasteiger partial charge is 0.324 e. The number of carbonyl (C=O) groups is 1. The molecule has 6 heteroatoms. The average molecular weight is 411 g/mol. The normalized spacial score (nSPS) is 13.0. The van der Waals surface area contributed by atoms with Gasteiger partial charge >= 0.3 is 5.97 Å². The highest BCUT2D eigenvalue weighted by molar-refractivity contribution is 9.10. The fourth-order valence-corrected chi connectivity index (χ4v) is 2.83. The molecule has 0 aliphatic carbocycles. The van der Waals surface area contributed by atoms with E-state index in [4.69, 9.17) is 16.3 Å². The Bertz CT molecular complexity index is 774. The van der Waals surface area contributed by atoms with Crippen LogP contribution in [0.1, 0.15) is 24.0 Å². The van der Waals surface area contributed by atoms with E-state index in [1.165, 1.54) is 12.1 Å². The van der Waals surface area contributed by atoms with Crippen LogP contribution in [0.3, 0.4) is 0 Å². The Morgan fingerprint density at radius 2 is 1.92 bits per heavy atom. The number of benzene rings is 2. The molecule has 0 saturated heterocycles. The summed E-state index contributed by atoms with van der Waals surface area (Å²) < 4.78 is 19.8. The van der Waals surface area contributed by atoms with Crippen molar-refractivity contribution < 1.29 is 13.9 Å². The molecular weight excluding hydrogens is 397 g/mol. The molecule has 0 radical (unpaired) electrons. The minimum atomic E-state index is -1.09. The molecule has 2 aromatic rings. The van der Waals surface area contributed by atoms with Crippen molar-refractivity contribution in [2.45, 2.75) is 12.8 Å². The maximum atomic E-state index is 13.9. The van der Waals surface area contributed by atoms with Crippen molar-refractivity contribution in [2.24, 2.45) is 5.92 Å². The molecule has 0 aliphatic heterocycles. The molecule has 0 spiro atoms. The van der Waals surface area contributed by atoms with E-state index < -0.39 is 23.6 Å². The van der Waals surface area contributed by atoms with Crippen molar-refractivity contribution in [1.82, 2.24) is 0 Å². The van der Waals surface area contributed by atoms with Gasteiger partial charge in [0, 0.05) is 10.4 Å². The van der Waals surface area contributed by atoms with Gasteiger partial charge in [0.25, 0.3) is 0 Å². The highest BCUT2D eigenvalue weighted by atomic mass is 79.9. The van der Waals surface area contributed by atoms with Gasteiger partial charge in [-0.05, 0) is 42.3 Å². The number of carbonyl (C=O) groups excluding carboxylic acids is 1. The van der Waals surface area contributed by atoms with E-state index in [-0.39, 0.29) is 11.6 Å². The first kappa shape index (κ1) is 18.4. The minimum absolute atomic E-state index is 0.0158. The Labute approximate surface area is 153 Å². The molecule has 24 heavy (non-hydrogen) atoms. The van der Waals surface area contributed by atoms with Crippen molar-refractivity contribution in [2.75, 3.05) is 6.61 Å². The first-order valence-corrected chi connectivity index (χ1v) is 8.41. The van der Waals surface area contributed by atoms with Gasteiger partial charge in [-0.25, -0.2) is 4.39 Å². The SMILES string of the molecule is CCOC(=O)C(C#N)C(c1ccc(Br)cc1)c1ccc(Cl)c(F)c1. The molecule has 3 nitrogen and oxygen atoms in total. The van der Waals surface area contributed by atoms with Gasteiger partial charge in [0.2, 0.25) is 0 Å². The lowest BCUT2D eigenvalue weighted by molar-refractivity contribution is -0.146. The van der Waals surface area contributed by atoms with Crippen LogP contribution in [0.5, 0.6) is 0 Å². The van der Waals surface area contributed by atoms with Crippen molar-refractivity contribution >= 4 is 33.5 Å². The van der Waals surface area contributed by atoms with Crippen molar-refractivity contribution in [3.8, 4) is 6.07 Å². The van der Waals surface area contributed by atoms with Gasteiger partial charge in [0.15, 0.2) is 5.92 Å². The second-order valence-corrected chi connectivity index (χ2v) is 6.38. The second kappa shape index (κ2) is 8.27. The topological polar surface area (TPSA) is 50.1 Å². The number of esters is 1. The number of ether oxygens (including phenoxy) is 1. The van der Waals surface area contributed by atoms with Crippen molar-refractivity contribution in [3.05, 3.63) is 68.9 Å². The lowest BCUT2D eigenvalue weighted by atomic mass is 9.81. The molecule has 2 rings (SSSR count). The second-order valence-electron chi connectivity index (χ2n) is 5.06. The summed E-state index contributed by atoms with van der Waals surface area (Å²) in [4.78, 5) is 12.2. The maximum Gasteiger partial charge on any atom is 0.324 e. The average Bonchev–Trinajstić information content (AvgIpc) is 2.56. The molecule has 0 amide bonds. The molecule has 124 valence electrons. The van der Waals surface area contributed by atoms with Gasteiger partial charge in [-0.1, -0.05) is 45.7 Å². The predicted molar refractivity (Wildman–Crippen MR) is 93.1 cm³/mol. The van der Waals surface area contributed by atoms with Crippen LogP contribution in [0.15, 0.2) is 46.9 Å². The third kappa shape index (κ3) is 4.14. The van der Waals surface area contributed by atoms with Crippen LogP contribution in [0.2, 0.25) is 5.02 Å². The predicted octanol–water partition coefficient (Wildman–Crippen LogP) is 5.08. The Hall–Kier alpha value is -1.90. The Balaban J connectivity index is 2.55. The number of rotatable bonds is 5. The largest absolute Gasteiger partial charge is 0.465 e. The number of halogens is 3. The van der Waals surface area contributed by atoms with Gasteiger partial charge in [0.05, 0.1) is 17.7 Å². The van der Waals surface area contributed by atoms with E-state index in [0.29, 0.717) is 11.1 Å². The highest BCUT2D eigenvalue weighted by Crippen LogP contribution is 2.35. The van der Waals surface area contributed by atoms with E-state index in [1.807, 2.05) is 6.07 Å². The Morgan fingerprint density at radius 1 is 1.29 bits per heavy atom. The molecule has 2 aromatic carbocycles. The first-order valence-electron chi connectivity index (χ1n) is 7.24.